The number of hydrogen-bond donors (Lipinski definition) is 1. The summed E-state index contributed by atoms with van der Waals surface area (Å²) in [5.74, 6) is 0.936. The van der Waals surface area contributed by atoms with Gasteiger partial charge in [-0.15, -0.1) is 0 Å². The number of benzene rings is 2. The fourth-order valence-electron chi connectivity index (χ4n) is 2.06. The molecule has 4 nitrogen and oxygen atoms in total. The number of halogens is 3. The van der Waals surface area contributed by atoms with Gasteiger partial charge in [0.05, 0.1) is 19.2 Å². The van der Waals surface area contributed by atoms with Crippen LogP contribution in [0.2, 0.25) is 0 Å². The van der Waals surface area contributed by atoms with Crippen molar-refractivity contribution in [2.24, 2.45) is 0 Å². The number of ether oxygens (including phenoxy) is 2. The molecule has 0 saturated heterocycles. The number of amides is 1. The number of alkyl halides is 3. The Morgan fingerprint density at radius 3 is 2.46 bits per heavy atom. The van der Waals surface area contributed by atoms with Crippen LogP contribution >= 0.6 is 0 Å². The summed E-state index contributed by atoms with van der Waals surface area (Å²) < 4.78 is 48.4. The van der Waals surface area contributed by atoms with Gasteiger partial charge in [-0.2, -0.15) is 13.2 Å². The van der Waals surface area contributed by atoms with Crippen LogP contribution in [0.3, 0.4) is 0 Å². The molecule has 2 rings (SSSR count). The highest BCUT2D eigenvalue weighted by molar-refractivity contribution is 5.91. The van der Waals surface area contributed by atoms with Gasteiger partial charge in [-0.3, -0.25) is 4.79 Å². The van der Waals surface area contributed by atoms with Crippen molar-refractivity contribution in [2.75, 3.05) is 20.3 Å². The van der Waals surface area contributed by atoms with Crippen LogP contribution in [0.15, 0.2) is 54.6 Å². The zero-order chi connectivity index (χ0) is 19.0. The number of carbonyl (C=O) groups is 1. The fourth-order valence-corrected chi connectivity index (χ4v) is 2.06. The minimum absolute atomic E-state index is 0.259. The molecule has 0 spiro atoms. The van der Waals surface area contributed by atoms with Crippen molar-refractivity contribution in [2.45, 2.75) is 6.18 Å². The van der Waals surface area contributed by atoms with E-state index in [9.17, 15) is 18.0 Å². The topological polar surface area (TPSA) is 47.6 Å². The summed E-state index contributed by atoms with van der Waals surface area (Å²) in [4.78, 5) is 11.7. The molecule has 0 aromatic heterocycles. The van der Waals surface area contributed by atoms with Gasteiger partial charge in [0.15, 0.2) is 0 Å². The molecule has 7 heteroatoms. The van der Waals surface area contributed by atoms with Gasteiger partial charge in [-0.25, -0.2) is 0 Å². The van der Waals surface area contributed by atoms with E-state index in [-0.39, 0.29) is 13.2 Å². The second-order valence-electron chi connectivity index (χ2n) is 5.27. The van der Waals surface area contributed by atoms with Crippen molar-refractivity contribution in [1.82, 2.24) is 5.32 Å². The van der Waals surface area contributed by atoms with E-state index in [1.165, 1.54) is 24.3 Å². The largest absolute Gasteiger partial charge is 0.497 e. The van der Waals surface area contributed by atoms with Gasteiger partial charge >= 0.3 is 6.18 Å². The molecular formula is C19H18F3NO3. The number of nitrogens with one attached hydrogen (secondary N) is 1. The average molecular weight is 365 g/mol. The minimum Gasteiger partial charge on any atom is -0.497 e. The van der Waals surface area contributed by atoms with Gasteiger partial charge in [0.1, 0.15) is 18.1 Å². The van der Waals surface area contributed by atoms with Crippen molar-refractivity contribution >= 4 is 12.0 Å². The Morgan fingerprint density at radius 2 is 1.81 bits per heavy atom. The number of carbonyl (C=O) groups excluding carboxylic acids is 1. The van der Waals surface area contributed by atoms with Gasteiger partial charge in [0.25, 0.3) is 0 Å². The first-order valence-electron chi connectivity index (χ1n) is 7.78. The van der Waals surface area contributed by atoms with Crippen molar-refractivity contribution < 1.29 is 27.4 Å². The Hall–Kier alpha value is -2.96. The van der Waals surface area contributed by atoms with E-state index >= 15 is 0 Å². The van der Waals surface area contributed by atoms with Crippen LogP contribution in [0.4, 0.5) is 13.2 Å². The Labute approximate surface area is 149 Å². The third-order valence-electron chi connectivity index (χ3n) is 3.37. The molecule has 0 fully saturated rings. The smallest absolute Gasteiger partial charge is 0.416 e. The summed E-state index contributed by atoms with van der Waals surface area (Å²) in [5.41, 5.74) is -0.461. The van der Waals surface area contributed by atoms with Crippen LogP contribution in [0.1, 0.15) is 11.1 Å². The van der Waals surface area contributed by atoms with E-state index in [1.54, 1.807) is 31.4 Å². The first kappa shape index (κ1) is 19.4. The predicted molar refractivity (Wildman–Crippen MR) is 92.0 cm³/mol. The van der Waals surface area contributed by atoms with Crippen LogP contribution in [-0.4, -0.2) is 26.2 Å². The molecule has 2 aromatic carbocycles. The van der Waals surface area contributed by atoms with E-state index in [1.807, 2.05) is 0 Å². The molecule has 138 valence electrons. The molecule has 0 aliphatic heterocycles. The number of hydrogen-bond acceptors (Lipinski definition) is 3. The molecule has 1 amide bonds. The Bertz CT molecular complexity index is 755. The standard InChI is InChI=1S/C19H18F3NO3/c1-25-16-6-8-17(9-7-16)26-12-11-23-18(24)10-5-14-3-2-4-15(13-14)19(20,21)22/h2-10,13H,11-12H2,1H3,(H,23,24)/b10-5+. The Balaban J connectivity index is 1.77. The third-order valence-corrected chi connectivity index (χ3v) is 3.37. The van der Waals surface area contributed by atoms with Crippen molar-refractivity contribution in [3.8, 4) is 11.5 Å². The molecule has 0 aliphatic carbocycles. The fraction of sp³-hybridized carbons (Fsp3) is 0.211. The maximum Gasteiger partial charge on any atom is 0.416 e. The van der Waals surface area contributed by atoms with Crippen molar-refractivity contribution in [3.63, 3.8) is 0 Å². The Morgan fingerprint density at radius 1 is 1.12 bits per heavy atom. The first-order chi connectivity index (χ1) is 12.4. The van der Waals surface area contributed by atoms with E-state index in [0.717, 1.165) is 12.1 Å². The second-order valence-corrected chi connectivity index (χ2v) is 5.27. The lowest BCUT2D eigenvalue weighted by Crippen LogP contribution is -2.26. The number of methoxy groups -OCH3 is 1. The predicted octanol–water partition coefficient (Wildman–Crippen LogP) is 3.92. The highest BCUT2D eigenvalue weighted by Gasteiger charge is 2.30. The average Bonchev–Trinajstić information content (AvgIpc) is 2.63. The summed E-state index contributed by atoms with van der Waals surface area (Å²) in [6, 6.07) is 11.7. The third kappa shape index (κ3) is 6.16. The second kappa shape index (κ2) is 8.94. The molecule has 0 bridgehead atoms. The summed E-state index contributed by atoms with van der Waals surface area (Å²) in [5, 5.41) is 2.59. The molecule has 0 radical (unpaired) electrons. The van der Waals surface area contributed by atoms with Crippen LogP contribution in [0.25, 0.3) is 6.08 Å². The van der Waals surface area contributed by atoms with Gasteiger partial charge < -0.3 is 14.8 Å². The highest BCUT2D eigenvalue weighted by Crippen LogP contribution is 2.29. The maximum absolute atomic E-state index is 12.6. The SMILES string of the molecule is COc1ccc(OCCNC(=O)/C=C/c2cccc(C(F)(F)F)c2)cc1. The van der Waals surface area contributed by atoms with E-state index in [4.69, 9.17) is 9.47 Å². The molecule has 0 saturated carbocycles. The lowest BCUT2D eigenvalue weighted by molar-refractivity contribution is -0.137. The zero-order valence-electron chi connectivity index (χ0n) is 14.0. The molecule has 26 heavy (non-hydrogen) atoms. The molecule has 0 aliphatic rings. The summed E-state index contributed by atoms with van der Waals surface area (Å²) >= 11 is 0. The molecule has 2 aromatic rings. The quantitative estimate of drug-likeness (QED) is 0.598. The van der Waals surface area contributed by atoms with E-state index in [0.29, 0.717) is 17.1 Å². The van der Waals surface area contributed by atoms with Crippen LogP contribution in [0.5, 0.6) is 11.5 Å². The van der Waals surface area contributed by atoms with Gasteiger partial charge in [-0.05, 0) is 48.0 Å². The minimum atomic E-state index is -4.41. The first-order valence-corrected chi connectivity index (χ1v) is 7.78. The summed E-state index contributed by atoms with van der Waals surface area (Å²) in [6.07, 6.45) is -1.90. The lowest BCUT2D eigenvalue weighted by atomic mass is 10.1. The summed E-state index contributed by atoms with van der Waals surface area (Å²) in [6.45, 7) is 0.521. The molecule has 0 atom stereocenters. The molecular weight excluding hydrogens is 347 g/mol. The van der Waals surface area contributed by atoms with Crippen LogP contribution < -0.4 is 14.8 Å². The molecule has 0 heterocycles. The van der Waals surface area contributed by atoms with E-state index in [2.05, 4.69) is 5.32 Å². The molecule has 1 N–H and O–H groups in total. The highest BCUT2D eigenvalue weighted by atomic mass is 19.4. The zero-order valence-corrected chi connectivity index (χ0v) is 14.0. The van der Waals surface area contributed by atoms with Crippen LogP contribution in [-0.2, 0) is 11.0 Å². The maximum atomic E-state index is 12.6. The normalized spacial score (nSPS) is 11.4. The number of rotatable bonds is 7. The lowest BCUT2D eigenvalue weighted by Gasteiger charge is -2.07. The van der Waals surface area contributed by atoms with E-state index < -0.39 is 17.6 Å². The Kier molecular flexibility index (Phi) is 6.66. The van der Waals surface area contributed by atoms with Gasteiger partial charge in [-0.1, -0.05) is 12.1 Å². The molecule has 0 unspecified atom stereocenters. The van der Waals surface area contributed by atoms with Gasteiger partial charge in [0.2, 0.25) is 5.91 Å². The summed E-state index contributed by atoms with van der Waals surface area (Å²) in [7, 11) is 1.57. The monoisotopic (exact) mass is 365 g/mol. The van der Waals surface area contributed by atoms with Crippen molar-refractivity contribution in [3.05, 3.63) is 65.7 Å². The van der Waals surface area contributed by atoms with Crippen molar-refractivity contribution in [1.29, 1.82) is 0 Å². The van der Waals surface area contributed by atoms with Crippen LogP contribution in [0, 0.1) is 0 Å². The van der Waals surface area contributed by atoms with Gasteiger partial charge in [0, 0.05) is 6.08 Å².